The van der Waals surface area contributed by atoms with Gasteiger partial charge in [0, 0.05) is 19.6 Å². The smallest absolute Gasteiger partial charge is 0.410 e. The fourth-order valence-corrected chi connectivity index (χ4v) is 3.53. The molecule has 0 aromatic heterocycles. The number of alkyl halides is 1. The van der Waals surface area contributed by atoms with E-state index in [0.717, 1.165) is 5.56 Å². The monoisotopic (exact) mass is 336 g/mol. The van der Waals surface area contributed by atoms with Gasteiger partial charge in [-0.1, -0.05) is 30.3 Å². The second-order valence-corrected chi connectivity index (χ2v) is 7.73. The number of carbonyl (C=O) groups excluding carboxylic acids is 1. The summed E-state index contributed by atoms with van der Waals surface area (Å²) in [5.74, 6) is 0. The Kier molecular flexibility index (Phi) is 4.30. The number of rotatable bonds is 2. The molecule has 0 spiro atoms. The first kappa shape index (κ1) is 17.2. The Hall–Kier alpha value is -1.66. The fraction of sp³-hybridized carbons (Fsp3) is 0.611. The second-order valence-electron chi connectivity index (χ2n) is 7.73. The zero-order chi connectivity index (χ0) is 17.5. The lowest BCUT2D eigenvalue weighted by molar-refractivity contribution is 0.00764. The molecule has 6 heteroatoms. The molecule has 1 amide bonds. The number of ether oxygens (including phenoxy) is 1. The van der Waals surface area contributed by atoms with E-state index in [0.29, 0.717) is 6.54 Å². The van der Waals surface area contributed by atoms with Crippen LogP contribution in [0.15, 0.2) is 30.3 Å². The average molecular weight is 336 g/mol. The molecule has 2 aliphatic rings. The van der Waals surface area contributed by atoms with Crippen LogP contribution in [-0.4, -0.2) is 64.0 Å². The summed E-state index contributed by atoms with van der Waals surface area (Å²) < 4.78 is 20.7. The number of hydrogen-bond acceptors (Lipinski definition) is 4. The van der Waals surface area contributed by atoms with Crippen molar-refractivity contribution in [1.82, 2.24) is 9.80 Å². The van der Waals surface area contributed by atoms with Gasteiger partial charge in [0.2, 0.25) is 0 Å². The zero-order valence-corrected chi connectivity index (χ0v) is 14.4. The molecule has 1 aromatic carbocycles. The Balaban J connectivity index is 1.73. The minimum atomic E-state index is -1.80. The van der Waals surface area contributed by atoms with Gasteiger partial charge in [-0.05, 0) is 26.3 Å². The summed E-state index contributed by atoms with van der Waals surface area (Å²) in [6, 6.07) is 9.25. The fourth-order valence-electron chi connectivity index (χ4n) is 3.53. The quantitative estimate of drug-likeness (QED) is 0.899. The molecule has 2 fully saturated rings. The summed E-state index contributed by atoms with van der Waals surface area (Å²) in [4.78, 5) is 15.5. The second kappa shape index (κ2) is 6.01. The summed E-state index contributed by atoms with van der Waals surface area (Å²) in [5, 5.41) is 10.2. The van der Waals surface area contributed by atoms with Crippen molar-refractivity contribution in [1.29, 1.82) is 0 Å². The van der Waals surface area contributed by atoms with Gasteiger partial charge in [0.05, 0.1) is 12.6 Å². The maximum absolute atomic E-state index is 15.3. The number of amides is 1. The molecule has 0 saturated carbocycles. The lowest BCUT2D eigenvalue weighted by Gasteiger charge is -2.26. The van der Waals surface area contributed by atoms with Crippen molar-refractivity contribution in [2.45, 2.75) is 50.7 Å². The maximum atomic E-state index is 15.3. The molecule has 0 bridgehead atoms. The van der Waals surface area contributed by atoms with Gasteiger partial charge in [0.15, 0.2) is 5.67 Å². The largest absolute Gasteiger partial charge is 0.444 e. The van der Waals surface area contributed by atoms with Crippen LogP contribution in [0.3, 0.4) is 0 Å². The molecular weight excluding hydrogens is 311 g/mol. The molecule has 1 aromatic rings. The molecule has 24 heavy (non-hydrogen) atoms. The van der Waals surface area contributed by atoms with Gasteiger partial charge in [0.25, 0.3) is 0 Å². The van der Waals surface area contributed by atoms with E-state index in [1.807, 2.05) is 35.2 Å². The van der Waals surface area contributed by atoms with Crippen LogP contribution in [0.1, 0.15) is 26.3 Å². The molecular formula is C18H25FN2O3. The minimum absolute atomic E-state index is 0.126. The van der Waals surface area contributed by atoms with Crippen LogP contribution in [0.2, 0.25) is 0 Å². The number of halogens is 1. The van der Waals surface area contributed by atoms with Crippen LogP contribution < -0.4 is 0 Å². The van der Waals surface area contributed by atoms with E-state index in [2.05, 4.69) is 0 Å². The number of β-amino-alcohol motifs (C(OH)–C–C–N with tert-alkyl or cyclic N) is 1. The highest BCUT2D eigenvalue weighted by atomic mass is 19.1. The first-order valence-corrected chi connectivity index (χ1v) is 8.32. The van der Waals surface area contributed by atoms with E-state index < -0.39 is 29.5 Å². The van der Waals surface area contributed by atoms with Gasteiger partial charge >= 0.3 is 6.09 Å². The van der Waals surface area contributed by atoms with Crippen molar-refractivity contribution in [3.63, 3.8) is 0 Å². The number of nitrogens with zero attached hydrogens (tertiary/aromatic N) is 2. The highest BCUT2D eigenvalue weighted by molar-refractivity contribution is 5.69. The van der Waals surface area contributed by atoms with E-state index in [9.17, 15) is 9.90 Å². The number of benzene rings is 1. The first-order chi connectivity index (χ1) is 11.2. The van der Waals surface area contributed by atoms with Gasteiger partial charge in [-0.15, -0.1) is 0 Å². The predicted octanol–water partition coefficient (Wildman–Crippen LogP) is 2.19. The van der Waals surface area contributed by atoms with Crippen molar-refractivity contribution in [3.05, 3.63) is 35.9 Å². The highest BCUT2D eigenvalue weighted by Crippen LogP contribution is 2.40. The van der Waals surface area contributed by atoms with Crippen molar-refractivity contribution < 1.29 is 19.0 Å². The van der Waals surface area contributed by atoms with Gasteiger partial charge in [0.1, 0.15) is 11.7 Å². The number of likely N-dealkylation sites (tertiary alicyclic amines) is 2. The van der Waals surface area contributed by atoms with Crippen LogP contribution >= 0.6 is 0 Å². The van der Waals surface area contributed by atoms with Gasteiger partial charge < -0.3 is 14.7 Å². The summed E-state index contributed by atoms with van der Waals surface area (Å²) >= 11 is 0. The molecule has 0 aliphatic carbocycles. The molecule has 2 aliphatic heterocycles. The Morgan fingerprint density at radius 2 is 2.00 bits per heavy atom. The highest BCUT2D eigenvalue weighted by Gasteiger charge is 2.60. The lowest BCUT2D eigenvalue weighted by Crippen LogP contribution is -2.44. The number of hydrogen-bond donors (Lipinski definition) is 1. The Bertz CT molecular complexity index is 604. The predicted molar refractivity (Wildman–Crippen MR) is 88.3 cm³/mol. The number of fused-ring (bicyclic) bond motifs is 1. The summed E-state index contributed by atoms with van der Waals surface area (Å²) in [6.07, 6.45) is -1.63. The van der Waals surface area contributed by atoms with Crippen LogP contribution in [0.5, 0.6) is 0 Å². The van der Waals surface area contributed by atoms with Crippen molar-refractivity contribution >= 4 is 6.09 Å². The summed E-state index contributed by atoms with van der Waals surface area (Å²) in [6.45, 7) is 6.28. The van der Waals surface area contributed by atoms with Crippen LogP contribution in [0, 0.1) is 0 Å². The average Bonchev–Trinajstić information content (AvgIpc) is 2.94. The van der Waals surface area contributed by atoms with Crippen LogP contribution in [0.25, 0.3) is 0 Å². The first-order valence-electron chi connectivity index (χ1n) is 8.32. The van der Waals surface area contributed by atoms with E-state index >= 15 is 4.39 Å². The van der Waals surface area contributed by atoms with E-state index in [-0.39, 0.29) is 19.6 Å². The normalized spacial score (nSPS) is 30.5. The molecule has 5 nitrogen and oxygen atoms in total. The molecule has 2 heterocycles. The van der Waals surface area contributed by atoms with E-state index in [1.54, 1.807) is 20.8 Å². The van der Waals surface area contributed by atoms with Crippen molar-refractivity contribution in [2.24, 2.45) is 0 Å². The maximum Gasteiger partial charge on any atom is 0.410 e. The molecule has 3 atom stereocenters. The number of carbonyl (C=O) groups is 1. The Labute approximate surface area is 142 Å². The third kappa shape index (κ3) is 3.26. The third-order valence-corrected chi connectivity index (χ3v) is 4.66. The molecule has 132 valence electrons. The van der Waals surface area contributed by atoms with E-state index in [1.165, 1.54) is 4.90 Å². The third-order valence-electron chi connectivity index (χ3n) is 4.66. The topological polar surface area (TPSA) is 53.0 Å². The molecule has 2 saturated heterocycles. The molecule has 1 N–H and O–H groups in total. The summed E-state index contributed by atoms with van der Waals surface area (Å²) in [5.41, 5.74) is -1.36. The van der Waals surface area contributed by atoms with Crippen LogP contribution in [-0.2, 0) is 11.3 Å². The lowest BCUT2D eigenvalue weighted by atomic mass is 9.98. The molecule has 3 rings (SSSR count). The SMILES string of the molecule is CC(C)(C)OC(=O)N1CC2N(Cc3ccccc3)CC(O)C2(F)C1. The standard InChI is InChI=1S/C18H25FN2O3/c1-17(2,3)24-16(23)21-10-14-18(19,12-21)15(22)11-20(14)9-13-7-5-4-6-8-13/h4-8,14-15,22H,9-12H2,1-3H3. The number of aliphatic hydroxyl groups is 1. The zero-order valence-electron chi connectivity index (χ0n) is 14.4. The number of aliphatic hydroxyl groups excluding tert-OH is 1. The minimum Gasteiger partial charge on any atom is -0.444 e. The summed E-state index contributed by atoms with van der Waals surface area (Å²) in [7, 11) is 0. The molecule has 0 radical (unpaired) electrons. The van der Waals surface area contributed by atoms with Gasteiger partial charge in [-0.3, -0.25) is 4.90 Å². The Morgan fingerprint density at radius 1 is 1.33 bits per heavy atom. The molecule has 3 unspecified atom stereocenters. The van der Waals surface area contributed by atoms with Crippen molar-refractivity contribution in [2.75, 3.05) is 19.6 Å². The van der Waals surface area contributed by atoms with Gasteiger partial charge in [-0.25, -0.2) is 9.18 Å². The van der Waals surface area contributed by atoms with Gasteiger partial charge in [-0.2, -0.15) is 0 Å². The van der Waals surface area contributed by atoms with Crippen LogP contribution in [0.4, 0.5) is 9.18 Å². The van der Waals surface area contributed by atoms with E-state index in [4.69, 9.17) is 4.74 Å². The Morgan fingerprint density at radius 3 is 2.62 bits per heavy atom. The van der Waals surface area contributed by atoms with Crippen molar-refractivity contribution in [3.8, 4) is 0 Å².